The van der Waals surface area contributed by atoms with E-state index in [0.29, 0.717) is 18.5 Å². The van der Waals surface area contributed by atoms with Gasteiger partial charge in [0.25, 0.3) is 0 Å². The fraction of sp³-hybridized carbons (Fsp3) is 0.923. The Kier molecular flexibility index (Phi) is 6.46. The molecule has 3 nitrogen and oxygen atoms in total. The van der Waals surface area contributed by atoms with Crippen LogP contribution in [0.3, 0.4) is 0 Å². The van der Waals surface area contributed by atoms with Crippen molar-refractivity contribution in [2.75, 3.05) is 7.05 Å². The van der Waals surface area contributed by atoms with Crippen LogP contribution in [0, 0.1) is 0 Å². The lowest BCUT2D eigenvalue weighted by atomic mass is 9.91. The van der Waals surface area contributed by atoms with E-state index in [9.17, 15) is 4.79 Å². The molecule has 0 aromatic rings. The number of nitrogens with one attached hydrogen (secondary N) is 2. The predicted molar refractivity (Wildman–Crippen MR) is 67.4 cm³/mol. The lowest BCUT2D eigenvalue weighted by Crippen LogP contribution is -2.41. The summed E-state index contributed by atoms with van der Waals surface area (Å²) in [5.41, 5.74) is 0. The Hall–Kier alpha value is -0.570. The van der Waals surface area contributed by atoms with Crippen LogP contribution in [0.15, 0.2) is 0 Å². The topological polar surface area (TPSA) is 41.1 Å². The molecule has 16 heavy (non-hydrogen) atoms. The van der Waals surface area contributed by atoms with Gasteiger partial charge in [-0.05, 0) is 39.2 Å². The minimum atomic E-state index is 0.251. The summed E-state index contributed by atoms with van der Waals surface area (Å²) < 4.78 is 0. The fourth-order valence-corrected chi connectivity index (χ4v) is 2.36. The average Bonchev–Trinajstić information content (AvgIpc) is 2.30. The van der Waals surface area contributed by atoms with Gasteiger partial charge in [0.1, 0.15) is 0 Å². The molecule has 0 aliphatic heterocycles. The lowest BCUT2D eigenvalue weighted by molar-refractivity contribution is -0.122. The van der Waals surface area contributed by atoms with E-state index in [1.54, 1.807) is 0 Å². The van der Waals surface area contributed by atoms with Gasteiger partial charge in [-0.15, -0.1) is 0 Å². The van der Waals surface area contributed by atoms with E-state index < -0.39 is 0 Å². The fourth-order valence-electron chi connectivity index (χ4n) is 2.36. The molecule has 0 saturated heterocycles. The maximum absolute atomic E-state index is 11.6. The molecule has 94 valence electrons. The van der Waals surface area contributed by atoms with E-state index in [2.05, 4.69) is 17.6 Å². The van der Waals surface area contributed by atoms with Crippen LogP contribution >= 0.6 is 0 Å². The van der Waals surface area contributed by atoms with Crippen molar-refractivity contribution < 1.29 is 4.79 Å². The molecule has 0 aromatic carbocycles. The summed E-state index contributed by atoms with van der Waals surface area (Å²) in [6.07, 6.45) is 8.73. The largest absolute Gasteiger partial charge is 0.353 e. The van der Waals surface area contributed by atoms with Crippen LogP contribution in [0.25, 0.3) is 0 Å². The Morgan fingerprint density at radius 3 is 2.31 bits per heavy atom. The van der Waals surface area contributed by atoms with Crippen molar-refractivity contribution in [3.63, 3.8) is 0 Å². The Morgan fingerprint density at radius 2 is 1.75 bits per heavy atom. The molecule has 0 radical (unpaired) electrons. The molecule has 1 aliphatic rings. The minimum Gasteiger partial charge on any atom is -0.353 e. The van der Waals surface area contributed by atoms with Crippen LogP contribution in [0.5, 0.6) is 0 Å². The highest BCUT2D eigenvalue weighted by molar-refractivity contribution is 5.76. The summed E-state index contributed by atoms with van der Waals surface area (Å²) in [5, 5.41) is 6.46. The number of carbonyl (C=O) groups excluding carboxylic acids is 1. The van der Waals surface area contributed by atoms with E-state index >= 15 is 0 Å². The first-order chi connectivity index (χ1) is 7.76. The van der Waals surface area contributed by atoms with Gasteiger partial charge in [0, 0.05) is 18.5 Å². The van der Waals surface area contributed by atoms with Crippen LogP contribution in [-0.4, -0.2) is 25.0 Å². The van der Waals surface area contributed by atoms with Gasteiger partial charge >= 0.3 is 0 Å². The first-order valence-electron chi connectivity index (χ1n) is 6.73. The molecule has 1 amide bonds. The second kappa shape index (κ2) is 7.66. The van der Waals surface area contributed by atoms with Gasteiger partial charge in [0.15, 0.2) is 0 Å². The van der Waals surface area contributed by atoms with Gasteiger partial charge in [0.05, 0.1) is 0 Å². The van der Waals surface area contributed by atoms with E-state index in [-0.39, 0.29) is 5.91 Å². The third kappa shape index (κ3) is 4.97. The maximum Gasteiger partial charge on any atom is 0.220 e. The monoisotopic (exact) mass is 226 g/mol. The molecule has 0 aromatic heterocycles. The average molecular weight is 226 g/mol. The van der Waals surface area contributed by atoms with Crippen LogP contribution in [0.2, 0.25) is 0 Å². The highest BCUT2D eigenvalue weighted by Gasteiger charge is 2.20. The molecule has 1 rings (SSSR count). The molecule has 1 saturated carbocycles. The summed E-state index contributed by atoms with van der Waals surface area (Å²) in [7, 11) is 2.02. The highest BCUT2D eigenvalue weighted by Crippen LogP contribution is 2.18. The number of hydrogen-bond acceptors (Lipinski definition) is 2. The smallest absolute Gasteiger partial charge is 0.220 e. The van der Waals surface area contributed by atoms with Crippen LogP contribution in [-0.2, 0) is 4.79 Å². The Balaban J connectivity index is 2.10. The SMILES string of the molecule is CCCCCC(=O)NC1CCC(NC)CC1. The van der Waals surface area contributed by atoms with Gasteiger partial charge in [-0.1, -0.05) is 19.8 Å². The molecule has 0 bridgehead atoms. The molecule has 3 heteroatoms. The molecule has 0 heterocycles. The number of amides is 1. The van der Waals surface area contributed by atoms with E-state index in [1.807, 2.05) is 7.05 Å². The second-order valence-electron chi connectivity index (χ2n) is 4.86. The zero-order valence-corrected chi connectivity index (χ0v) is 10.7. The predicted octanol–water partition coefficient (Wildman–Crippen LogP) is 2.21. The zero-order valence-electron chi connectivity index (χ0n) is 10.7. The summed E-state index contributed by atoms with van der Waals surface area (Å²) in [6.45, 7) is 2.16. The van der Waals surface area contributed by atoms with Crippen molar-refractivity contribution >= 4 is 5.91 Å². The first-order valence-corrected chi connectivity index (χ1v) is 6.73. The highest BCUT2D eigenvalue weighted by atomic mass is 16.1. The molecule has 1 aliphatic carbocycles. The third-order valence-electron chi connectivity index (χ3n) is 3.51. The Labute approximate surface area is 99.4 Å². The molecular formula is C13H26N2O. The minimum absolute atomic E-state index is 0.251. The van der Waals surface area contributed by atoms with Gasteiger partial charge in [-0.25, -0.2) is 0 Å². The van der Waals surface area contributed by atoms with Crippen molar-refractivity contribution in [3.05, 3.63) is 0 Å². The Morgan fingerprint density at radius 1 is 1.12 bits per heavy atom. The van der Waals surface area contributed by atoms with Crippen molar-refractivity contribution in [1.82, 2.24) is 10.6 Å². The lowest BCUT2D eigenvalue weighted by Gasteiger charge is -2.28. The summed E-state index contributed by atoms with van der Waals surface area (Å²) in [5.74, 6) is 0.251. The second-order valence-corrected chi connectivity index (χ2v) is 4.86. The Bertz CT molecular complexity index is 198. The van der Waals surface area contributed by atoms with Gasteiger partial charge in [-0.3, -0.25) is 4.79 Å². The van der Waals surface area contributed by atoms with Crippen molar-refractivity contribution in [2.45, 2.75) is 70.4 Å². The molecule has 2 N–H and O–H groups in total. The van der Waals surface area contributed by atoms with Gasteiger partial charge in [-0.2, -0.15) is 0 Å². The number of hydrogen-bond donors (Lipinski definition) is 2. The van der Waals surface area contributed by atoms with Crippen molar-refractivity contribution in [1.29, 1.82) is 0 Å². The molecule has 0 spiro atoms. The molecule has 0 atom stereocenters. The van der Waals surface area contributed by atoms with E-state index in [0.717, 1.165) is 19.3 Å². The van der Waals surface area contributed by atoms with E-state index in [4.69, 9.17) is 0 Å². The maximum atomic E-state index is 11.6. The standard InChI is InChI=1S/C13H26N2O/c1-3-4-5-6-13(16)15-12-9-7-11(14-2)8-10-12/h11-12,14H,3-10H2,1-2H3,(H,15,16). The van der Waals surface area contributed by atoms with Crippen LogP contribution in [0.4, 0.5) is 0 Å². The summed E-state index contributed by atoms with van der Waals surface area (Å²) in [4.78, 5) is 11.6. The number of unbranched alkanes of at least 4 members (excludes halogenated alkanes) is 2. The van der Waals surface area contributed by atoms with E-state index in [1.165, 1.54) is 25.7 Å². The summed E-state index contributed by atoms with van der Waals surface area (Å²) in [6, 6.07) is 1.09. The molecule has 0 unspecified atom stereocenters. The molecular weight excluding hydrogens is 200 g/mol. The zero-order chi connectivity index (χ0) is 11.8. The number of rotatable bonds is 6. The summed E-state index contributed by atoms with van der Waals surface area (Å²) >= 11 is 0. The first kappa shape index (κ1) is 13.5. The quantitative estimate of drug-likeness (QED) is 0.682. The van der Waals surface area contributed by atoms with Gasteiger partial charge < -0.3 is 10.6 Å². The molecule has 1 fully saturated rings. The van der Waals surface area contributed by atoms with Gasteiger partial charge in [0.2, 0.25) is 5.91 Å². The third-order valence-corrected chi connectivity index (χ3v) is 3.51. The van der Waals surface area contributed by atoms with Crippen LogP contribution in [0.1, 0.15) is 58.3 Å². The normalized spacial score (nSPS) is 25.4. The van der Waals surface area contributed by atoms with Crippen LogP contribution < -0.4 is 10.6 Å². The number of carbonyl (C=O) groups is 1. The van der Waals surface area contributed by atoms with Crippen molar-refractivity contribution in [3.8, 4) is 0 Å². The van der Waals surface area contributed by atoms with Crippen molar-refractivity contribution in [2.24, 2.45) is 0 Å².